The van der Waals surface area contributed by atoms with E-state index in [9.17, 15) is 0 Å². The van der Waals surface area contributed by atoms with Crippen LogP contribution in [0.4, 0.5) is 0 Å². The molecule has 1 saturated carbocycles. The van der Waals surface area contributed by atoms with Gasteiger partial charge in [0.25, 0.3) is 0 Å². The molecule has 0 saturated heterocycles. The number of hydrogen-bond acceptors (Lipinski definition) is 1. The first-order valence-electron chi connectivity index (χ1n) is 4.88. The molecule has 0 aromatic carbocycles. The summed E-state index contributed by atoms with van der Waals surface area (Å²) in [4.78, 5) is 0. The summed E-state index contributed by atoms with van der Waals surface area (Å²) in [5.74, 6) is 6.51. The Morgan fingerprint density at radius 1 is 1.54 bits per heavy atom. The highest BCUT2D eigenvalue weighted by atomic mass is 16.5. The van der Waals surface area contributed by atoms with E-state index in [0.29, 0.717) is 17.9 Å². The van der Waals surface area contributed by atoms with E-state index < -0.39 is 0 Å². The van der Waals surface area contributed by atoms with Gasteiger partial charge in [-0.15, -0.1) is 6.58 Å². The van der Waals surface area contributed by atoms with Crippen LogP contribution in [0.2, 0.25) is 0 Å². The topological polar surface area (TPSA) is 9.23 Å². The van der Waals surface area contributed by atoms with Crippen molar-refractivity contribution >= 4 is 0 Å². The summed E-state index contributed by atoms with van der Waals surface area (Å²) in [7, 11) is 0. The molecule has 0 spiro atoms. The second-order valence-electron chi connectivity index (χ2n) is 4.04. The first-order chi connectivity index (χ1) is 6.18. The second kappa shape index (κ2) is 4.48. The zero-order chi connectivity index (χ0) is 9.73. The van der Waals surface area contributed by atoms with Gasteiger partial charge in [-0.3, -0.25) is 0 Å². The zero-order valence-corrected chi connectivity index (χ0v) is 8.60. The molecule has 1 aliphatic rings. The molecular weight excluding hydrogens is 160 g/mol. The first kappa shape index (κ1) is 10.3. The van der Waals surface area contributed by atoms with Gasteiger partial charge in [0, 0.05) is 11.3 Å². The maximum atomic E-state index is 5.46. The SMILES string of the molecule is C=CC1(COCC#CC(C)C)CC1. The Morgan fingerprint density at radius 2 is 2.23 bits per heavy atom. The van der Waals surface area contributed by atoms with E-state index in [0.717, 1.165) is 6.61 Å². The molecule has 1 fully saturated rings. The average Bonchev–Trinajstić information content (AvgIpc) is 2.84. The van der Waals surface area contributed by atoms with Gasteiger partial charge in [-0.2, -0.15) is 0 Å². The highest BCUT2D eigenvalue weighted by Gasteiger charge is 2.39. The Kier molecular flexibility index (Phi) is 3.57. The van der Waals surface area contributed by atoms with Crippen molar-refractivity contribution in [3.05, 3.63) is 12.7 Å². The van der Waals surface area contributed by atoms with Crippen LogP contribution in [0.15, 0.2) is 12.7 Å². The molecule has 0 unspecified atom stereocenters. The lowest BCUT2D eigenvalue weighted by molar-refractivity contribution is 0.134. The predicted molar refractivity (Wildman–Crippen MR) is 55.3 cm³/mol. The van der Waals surface area contributed by atoms with Crippen LogP contribution in [0, 0.1) is 23.2 Å². The van der Waals surface area contributed by atoms with Crippen molar-refractivity contribution in [1.82, 2.24) is 0 Å². The molecule has 72 valence electrons. The van der Waals surface area contributed by atoms with E-state index in [1.54, 1.807) is 0 Å². The summed E-state index contributed by atoms with van der Waals surface area (Å²) in [6, 6.07) is 0. The average molecular weight is 178 g/mol. The van der Waals surface area contributed by atoms with Crippen LogP contribution in [0.3, 0.4) is 0 Å². The van der Waals surface area contributed by atoms with E-state index in [2.05, 4.69) is 32.3 Å². The fraction of sp³-hybridized carbons (Fsp3) is 0.667. The van der Waals surface area contributed by atoms with Gasteiger partial charge in [-0.1, -0.05) is 31.8 Å². The Balaban J connectivity index is 2.09. The van der Waals surface area contributed by atoms with Crippen LogP contribution < -0.4 is 0 Å². The molecular formula is C12H18O. The molecule has 13 heavy (non-hydrogen) atoms. The Morgan fingerprint density at radius 3 is 2.69 bits per heavy atom. The van der Waals surface area contributed by atoms with Crippen molar-refractivity contribution in [1.29, 1.82) is 0 Å². The summed E-state index contributed by atoms with van der Waals surface area (Å²) in [5.41, 5.74) is 0.305. The molecule has 1 nitrogen and oxygen atoms in total. The molecule has 0 aliphatic heterocycles. The van der Waals surface area contributed by atoms with Gasteiger partial charge in [-0.05, 0) is 12.8 Å². The minimum atomic E-state index is 0.305. The summed E-state index contributed by atoms with van der Waals surface area (Å²) in [6.45, 7) is 9.33. The third-order valence-corrected chi connectivity index (χ3v) is 2.28. The monoisotopic (exact) mass is 178 g/mol. The minimum absolute atomic E-state index is 0.305. The van der Waals surface area contributed by atoms with Crippen LogP contribution in [0.5, 0.6) is 0 Å². The lowest BCUT2D eigenvalue weighted by Gasteiger charge is -2.07. The third kappa shape index (κ3) is 3.65. The molecule has 0 amide bonds. The number of ether oxygens (including phenoxy) is 1. The van der Waals surface area contributed by atoms with Gasteiger partial charge in [0.1, 0.15) is 6.61 Å². The summed E-state index contributed by atoms with van der Waals surface area (Å²) in [5, 5.41) is 0. The zero-order valence-electron chi connectivity index (χ0n) is 8.60. The van der Waals surface area contributed by atoms with E-state index in [1.807, 2.05) is 6.08 Å². The van der Waals surface area contributed by atoms with Gasteiger partial charge in [0.05, 0.1) is 6.61 Å². The van der Waals surface area contributed by atoms with Gasteiger partial charge in [0.15, 0.2) is 0 Å². The molecule has 0 N–H and O–H groups in total. The van der Waals surface area contributed by atoms with Crippen molar-refractivity contribution in [3.8, 4) is 11.8 Å². The normalized spacial score (nSPS) is 17.8. The fourth-order valence-corrected chi connectivity index (χ4v) is 1.12. The molecule has 1 heteroatoms. The maximum absolute atomic E-state index is 5.46. The summed E-state index contributed by atoms with van der Waals surface area (Å²) in [6.07, 6.45) is 4.48. The minimum Gasteiger partial charge on any atom is -0.368 e. The predicted octanol–water partition coefficient (Wildman–Crippen LogP) is 2.63. The molecule has 1 aliphatic carbocycles. The third-order valence-electron chi connectivity index (χ3n) is 2.28. The van der Waals surface area contributed by atoms with Crippen molar-refractivity contribution in [3.63, 3.8) is 0 Å². The van der Waals surface area contributed by atoms with Crippen LogP contribution in [-0.2, 0) is 4.74 Å². The van der Waals surface area contributed by atoms with Gasteiger partial charge < -0.3 is 4.74 Å². The number of hydrogen-bond donors (Lipinski definition) is 0. The molecule has 0 atom stereocenters. The van der Waals surface area contributed by atoms with Crippen LogP contribution in [0.1, 0.15) is 26.7 Å². The molecule has 0 bridgehead atoms. The summed E-state index contributed by atoms with van der Waals surface area (Å²) >= 11 is 0. The Bertz CT molecular complexity index is 225. The van der Waals surface area contributed by atoms with E-state index in [1.165, 1.54) is 12.8 Å². The molecule has 0 heterocycles. The summed E-state index contributed by atoms with van der Waals surface area (Å²) < 4.78 is 5.46. The van der Waals surface area contributed by atoms with Crippen LogP contribution >= 0.6 is 0 Å². The molecule has 1 rings (SSSR count). The fourth-order valence-electron chi connectivity index (χ4n) is 1.12. The highest BCUT2D eigenvalue weighted by Crippen LogP contribution is 2.46. The quantitative estimate of drug-likeness (QED) is 0.365. The molecule has 0 aromatic heterocycles. The molecule has 0 aromatic rings. The standard InChI is InChI=1S/C12H18O/c1-4-12(7-8-12)10-13-9-5-6-11(2)3/h4,11H,1,7-10H2,2-3H3. The van der Waals surface area contributed by atoms with Gasteiger partial charge in [0.2, 0.25) is 0 Å². The van der Waals surface area contributed by atoms with E-state index in [4.69, 9.17) is 4.74 Å². The lowest BCUT2D eigenvalue weighted by atomic mass is 10.1. The Hall–Kier alpha value is -0.740. The van der Waals surface area contributed by atoms with Crippen molar-refractivity contribution in [2.45, 2.75) is 26.7 Å². The van der Waals surface area contributed by atoms with Crippen LogP contribution in [-0.4, -0.2) is 13.2 Å². The highest BCUT2D eigenvalue weighted by molar-refractivity contribution is 5.06. The van der Waals surface area contributed by atoms with Gasteiger partial charge >= 0.3 is 0 Å². The molecule has 0 radical (unpaired) electrons. The maximum Gasteiger partial charge on any atom is 0.107 e. The van der Waals surface area contributed by atoms with Crippen molar-refractivity contribution < 1.29 is 4.74 Å². The van der Waals surface area contributed by atoms with Gasteiger partial charge in [-0.25, -0.2) is 0 Å². The lowest BCUT2D eigenvalue weighted by Crippen LogP contribution is -2.07. The first-order valence-corrected chi connectivity index (χ1v) is 4.88. The Labute approximate surface area is 81.2 Å². The van der Waals surface area contributed by atoms with E-state index in [-0.39, 0.29) is 0 Å². The van der Waals surface area contributed by atoms with Crippen molar-refractivity contribution in [2.24, 2.45) is 11.3 Å². The second-order valence-corrected chi connectivity index (χ2v) is 4.04. The largest absolute Gasteiger partial charge is 0.368 e. The van der Waals surface area contributed by atoms with E-state index >= 15 is 0 Å². The smallest absolute Gasteiger partial charge is 0.107 e. The number of rotatable bonds is 4. The van der Waals surface area contributed by atoms with Crippen molar-refractivity contribution in [2.75, 3.05) is 13.2 Å². The van der Waals surface area contributed by atoms with Crippen LogP contribution in [0.25, 0.3) is 0 Å².